The van der Waals surface area contributed by atoms with Crippen molar-refractivity contribution in [3.8, 4) is 5.75 Å². The summed E-state index contributed by atoms with van der Waals surface area (Å²) in [6.07, 6.45) is 1.38. The van der Waals surface area contributed by atoms with E-state index in [0.29, 0.717) is 0 Å². The summed E-state index contributed by atoms with van der Waals surface area (Å²) >= 11 is 0. The molecule has 0 radical (unpaired) electrons. The third kappa shape index (κ3) is 4.13. The van der Waals surface area contributed by atoms with Gasteiger partial charge in [0.1, 0.15) is 11.6 Å². The topological polar surface area (TPSA) is 32.7 Å². The average molecular weight is 329 g/mol. The molecule has 1 unspecified atom stereocenters. The SMILES string of the molecule is COc1cccc(CN2CCC(C(O)c3ccc(F)cc3)CC2)c1. The fraction of sp³-hybridized carbons (Fsp3) is 0.400. The molecule has 4 heteroatoms. The fourth-order valence-corrected chi connectivity index (χ4v) is 3.39. The number of piperidine rings is 1. The molecule has 2 aromatic carbocycles. The van der Waals surface area contributed by atoms with E-state index in [4.69, 9.17) is 4.74 Å². The third-order valence-corrected chi connectivity index (χ3v) is 4.83. The lowest BCUT2D eigenvalue weighted by atomic mass is 9.87. The van der Waals surface area contributed by atoms with Crippen LogP contribution in [0.25, 0.3) is 0 Å². The molecule has 0 aliphatic carbocycles. The maximum absolute atomic E-state index is 13.0. The average Bonchev–Trinajstić information content (AvgIpc) is 2.62. The summed E-state index contributed by atoms with van der Waals surface area (Å²) in [5.41, 5.74) is 2.05. The van der Waals surface area contributed by atoms with Gasteiger partial charge >= 0.3 is 0 Å². The molecule has 0 aromatic heterocycles. The van der Waals surface area contributed by atoms with E-state index in [2.05, 4.69) is 17.0 Å². The maximum Gasteiger partial charge on any atom is 0.123 e. The quantitative estimate of drug-likeness (QED) is 0.906. The van der Waals surface area contributed by atoms with E-state index >= 15 is 0 Å². The van der Waals surface area contributed by atoms with Crippen molar-refractivity contribution in [1.29, 1.82) is 0 Å². The maximum atomic E-state index is 13.0. The zero-order chi connectivity index (χ0) is 16.9. The van der Waals surface area contributed by atoms with Crippen LogP contribution in [-0.2, 0) is 6.54 Å². The fourth-order valence-electron chi connectivity index (χ4n) is 3.39. The molecule has 1 aliphatic heterocycles. The lowest BCUT2D eigenvalue weighted by Crippen LogP contribution is -2.35. The zero-order valence-corrected chi connectivity index (χ0v) is 14.0. The predicted molar refractivity (Wildman–Crippen MR) is 92.4 cm³/mol. The van der Waals surface area contributed by atoms with Gasteiger partial charge in [0, 0.05) is 6.54 Å². The number of aliphatic hydroxyl groups excluding tert-OH is 1. The Labute approximate surface area is 142 Å². The van der Waals surface area contributed by atoms with E-state index in [1.54, 1.807) is 19.2 Å². The minimum Gasteiger partial charge on any atom is -0.497 e. The van der Waals surface area contributed by atoms with Crippen molar-refractivity contribution >= 4 is 0 Å². The Morgan fingerprint density at radius 2 is 1.88 bits per heavy atom. The van der Waals surface area contributed by atoms with Crippen molar-refractivity contribution in [1.82, 2.24) is 4.90 Å². The summed E-state index contributed by atoms with van der Waals surface area (Å²) in [5.74, 6) is 0.852. The van der Waals surface area contributed by atoms with Crippen LogP contribution >= 0.6 is 0 Å². The predicted octanol–water partition coefficient (Wildman–Crippen LogP) is 3.78. The summed E-state index contributed by atoms with van der Waals surface area (Å²) in [4.78, 5) is 2.41. The number of ether oxygens (including phenoxy) is 1. The highest BCUT2D eigenvalue weighted by atomic mass is 19.1. The number of likely N-dealkylation sites (tertiary alicyclic amines) is 1. The first-order valence-corrected chi connectivity index (χ1v) is 8.44. The Bertz CT molecular complexity index is 651. The minimum absolute atomic E-state index is 0.233. The Kier molecular flexibility index (Phi) is 5.48. The van der Waals surface area contributed by atoms with Crippen molar-refractivity contribution in [2.45, 2.75) is 25.5 Å². The van der Waals surface area contributed by atoms with Gasteiger partial charge in [-0.15, -0.1) is 0 Å². The van der Waals surface area contributed by atoms with Gasteiger partial charge in [0.05, 0.1) is 13.2 Å². The van der Waals surface area contributed by atoms with Crippen molar-refractivity contribution in [3.63, 3.8) is 0 Å². The largest absolute Gasteiger partial charge is 0.497 e. The Morgan fingerprint density at radius 1 is 1.17 bits per heavy atom. The standard InChI is InChI=1S/C20H24FNO2/c1-24-19-4-2-3-15(13-19)14-22-11-9-17(10-12-22)20(23)16-5-7-18(21)8-6-16/h2-8,13,17,20,23H,9-12,14H2,1H3. The normalized spacial score (nSPS) is 17.6. The highest BCUT2D eigenvalue weighted by Gasteiger charge is 2.26. The van der Waals surface area contributed by atoms with Gasteiger partial charge in [-0.25, -0.2) is 4.39 Å². The number of hydrogen-bond donors (Lipinski definition) is 1. The smallest absolute Gasteiger partial charge is 0.123 e. The van der Waals surface area contributed by atoms with Gasteiger partial charge in [0.15, 0.2) is 0 Å². The van der Waals surface area contributed by atoms with E-state index in [1.807, 2.05) is 12.1 Å². The van der Waals surface area contributed by atoms with Crippen molar-refractivity contribution in [3.05, 3.63) is 65.5 Å². The number of hydrogen-bond acceptors (Lipinski definition) is 3. The molecule has 1 fully saturated rings. The third-order valence-electron chi connectivity index (χ3n) is 4.83. The zero-order valence-electron chi connectivity index (χ0n) is 14.0. The number of nitrogens with zero attached hydrogens (tertiary/aromatic N) is 1. The first kappa shape index (κ1) is 16.9. The van der Waals surface area contributed by atoms with Gasteiger partial charge in [0.2, 0.25) is 0 Å². The molecule has 1 atom stereocenters. The van der Waals surface area contributed by atoms with Crippen LogP contribution in [0.3, 0.4) is 0 Å². The molecule has 1 saturated heterocycles. The molecule has 0 amide bonds. The minimum atomic E-state index is -0.510. The Hall–Kier alpha value is -1.91. The van der Waals surface area contributed by atoms with Crippen molar-refractivity contribution in [2.75, 3.05) is 20.2 Å². The van der Waals surface area contributed by atoms with E-state index in [1.165, 1.54) is 17.7 Å². The van der Waals surface area contributed by atoms with Gasteiger partial charge in [-0.1, -0.05) is 24.3 Å². The lowest BCUT2D eigenvalue weighted by Gasteiger charge is -2.34. The first-order chi connectivity index (χ1) is 11.7. The van der Waals surface area contributed by atoms with Gasteiger partial charge in [-0.05, 0) is 67.2 Å². The molecule has 24 heavy (non-hydrogen) atoms. The van der Waals surface area contributed by atoms with Crippen LogP contribution in [0.1, 0.15) is 30.1 Å². The molecule has 1 N–H and O–H groups in total. The molecule has 3 nitrogen and oxygen atoms in total. The molecule has 128 valence electrons. The van der Waals surface area contributed by atoms with Crippen LogP contribution in [-0.4, -0.2) is 30.2 Å². The molecular formula is C20H24FNO2. The number of benzene rings is 2. The van der Waals surface area contributed by atoms with Crippen LogP contribution < -0.4 is 4.74 Å². The number of rotatable bonds is 5. The van der Waals surface area contributed by atoms with E-state index in [9.17, 15) is 9.50 Å². The Balaban J connectivity index is 1.54. The summed E-state index contributed by atoms with van der Waals surface area (Å²) in [6.45, 7) is 2.82. The van der Waals surface area contributed by atoms with E-state index < -0.39 is 6.10 Å². The summed E-state index contributed by atoms with van der Waals surface area (Å²) < 4.78 is 18.3. The number of halogens is 1. The molecule has 1 heterocycles. The molecule has 3 rings (SSSR count). The van der Waals surface area contributed by atoms with Crippen LogP contribution in [0.5, 0.6) is 5.75 Å². The van der Waals surface area contributed by atoms with E-state index in [-0.39, 0.29) is 11.7 Å². The summed E-state index contributed by atoms with van der Waals surface area (Å²) in [5, 5.41) is 10.5. The van der Waals surface area contributed by atoms with Gasteiger partial charge in [-0.2, -0.15) is 0 Å². The van der Waals surface area contributed by atoms with Crippen LogP contribution in [0.4, 0.5) is 4.39 Å². The number of methoxy groups -OCH3 is 1. The molecule has 0 spiro atoms. The lowest BCUT2D eigenvalue weighted by molar-refractivity contribution is 0.0567. The second-order valence-corrected chi connectivity index (χ2v) is 6.46. The van der Waals surface area contributed by atoms with Gasteiger partial charge in [-0.3, -0.25) is 4.90 Å². The Morgan fingerprint density at radius 3 is 2.54 bits per heavy atom. The van der Waals surface area contributed by atoms with Crippen LogP contribution in [0.2, 0.25) is 0 Å². The van der Waals surface area contributed by atoms with E-state index in [0.717, 1.165) is 43.8 Å². The van der Waals surface area contributed by atoms with Crippen molar-refractivity contribution < 1.29 is 14.2 Å². The van der Waals surface area contributed by atoms with Crippen LogP contribution in [0, 0.1) is 11.7 Å². The highest BCUT2D eigenvalue weighted by molar-refractivity contribution is 5.28. The molecular weight excluding hydrogens is 305 g/mol. The highest BCUT2D eigenvalue weighted by Crippen LogP contribution is 2.31. The molecule has 0 saturated carbocycles. The number of aliphatic hydroxyl groups is 1. The summed E-state index contributed by atoms with van der Waals surface area (Å²) in [6, 6.07) is 14.3. The van der Waals surface area contributed by atoms with Crippen molar-refractivity contribution in [2.24, 2.45) is 5.92 Å². The van der Waals surface area contributed by atoms with Gasteiger partial charge < -0.3 is 9.84 Å². The van der Waals surface area contributed by atoms with Crippen LogP contribution in [0.15, 0.2) is 48.5 Å². The monoisotopic (exact) mass is 329 g/mol. The molecule has 2 aromatic rings. The first-order valence-electron chi connectivity index (χ1n) is 8.44. The summed E-state index contributed by atoms with van der Waals surface area (Å²) in [7, 11) is 1.68. The second kappa shape index (κ2) is 7.77. The molecule has 1 aliphatic rings. The van der Waals surface area contributed by atoms with Gasteiger partial charge in [0.25, 0.3) is 0 Å². The molecule has 0 bridgehead atoms. The second-order valence-electron chi connectivity index (χ2n) is 6.46.